The minimum atomic E-state index is -0.261. The van der Waals surface area contributed by atoms with Gasteiger partial charge in [-0.15, -0.1) is 0 Å². The van der Waals surface area contributed by atoms with Crippen LogP contribution in [-0.4, -0.2) is 70.3 Å². The van der Waals surface area contributed by atoms with Crippen LogP contribution in [0.2, 0.25) is 0 Å². The maximum absolute atomic E-state index is 12.6. The molecule has 2 aromatic heterocycles. The number of pyridine rings is 1. The lowest BCUT2D eigenvalue weighted by Gasteiger charge is -2.34. The molecule has 0 spiro atoms. The number of imidazole rings is 1. The SMILES string of the molecule is CCOc1ccc(C(=O)NCC(=O)N2CCN(Cc3c(C)nc4cc(C)ccn34)CC2)cc1. The summed E-state index contributed by atoms with van der Waals surface area (Å²) in [4.78, 5) is 33.8. The van der Waals surface area contributed by atoms with Gasteiger partial charge in [0, 0.05) is 44.5 Å². The smallest absolute Gasteiger partial charge is 0.251 e. The van der Waals surface area contributed by atoms with Crippen LogP contribution >= 0.6 is 0 Å². The van der Waals surface area contributed by atoms with Gasteiger partial charge in [0.15, 0.2) is 0 Å². The highest BCUT2D eigenvalue weighted by molar-refractivity contribution is 5.96. The van der Waals surface area contributed by atoms with E-state index < -0.39 is 0 Å². The first-order chi connectivity index (χ1) is 15.9. The van der Waals surface area contributed by atoms with Gasteiger partial charge in [-0.1, -0.05) is 0 Å². The molecule has 0 atom stereocenters. The fourth-order valence-electron chi connectivity index (χ4n) is 4.11. The van der Waals surface area contributed by atoms with Crippen LogP contribution in [0.3, 0.4) is 0 Å². The van der Waals surface area contributed by atoms with Crippen LogP contribution in [0.25, 0.3) is 5.65 Å². The molecule has 1 N–H and O–H groups in total. The van der Waals surface area contributed by atoms with E-state index in [-0.39, 0.29) is 18.4 Å². The van der Waals surface area contributed by atoms with E-state index >= 15 is 0 Å². The number of piperazine rings is 1. The molecule has 3 heterocycles. The number of hydrogen-bond acceptors (Lipinski definition) is 5. The maximum Gasteiger partial charge on any atom is 0.251 e. The number of aromatic nitrogens is 2. The normalized spacial score (nSPS) is 14.5. The summed E-state index contributed by atoms with van der Waals surface area (Å²) < 4.78 is 7.54. The minimum Gasteiger partial charge on any atom is -0.494 e. The van der Waals surface area contributed by atoms with Crippen molar-refractivity contribution in [2.75, 3.05) is 39.3 Å². The summed E-state index contributed by atoms with van der Waals surface area (Å²) in [5.41, 5.74) is 4.90. The highest BCUT2D eigenvalue weighted by Crippen LogP contribution is 2.17. The van der Waals surface area contributed by atoms with Gasteiger partial charge >= 0.3 is 0 Å². The summed E-state index contributed by atoms with van der Waals surface area (Å²) >= 11 is 0. The third-order valence-corrected chi connectivity index (χ3v) is 6.01. The van der Waals surface area contributed by atoms with Gasteiger partial charge in [0.05, 0.1) is 24.5 Å². The zero-order valence-electron chi connectivity index (χ0n) is 19.5. The third-order valence-electron chi connectivity index (χ3n) is 6.01. The number of fused-ring (bicyclic) bond motifs is 1. The van der Waals surface area contributed by atoms with Gasteiger partial charge in [-0.05, 0) is 62.7 Å². The summed E-state index contributed by atoms with van der Waals surface area (Å²) in [6, 6.07) is 11.1. The number of hydrogen-bond donors (Lipinski definition) is 1. The topological polar surface area (TPSA) is 79.2 Å². The molecule has 1 aliphatic rings. The van der Waals surface area contributed by atoms with E-state index in [1.807, 2.05) is 18.7 Å². The average Bonchev–Trinajstić information content (AvgIpc) is 3.12. The van der Waals surface area contributed by atoms with Crippen LogP contribution in [0, 0.1) is 13.8 Å². The van der Waals surface area contributed by atoms with Crippen LogP contribution < -0.4 is 10.1 Å². The molecular formula is C25H31N5O3. The summed E-state index contributed by atoms with van der Waals surface area (Å²) in [7, 11) is 0. The van der Waals surface area contributed by atoms with Gasteiger partial charge in [-0.25, -0.2) is 4.98 Å². The van der Waals surface area contributed by atoms with E-state index in [1.54, 1.807) is 24.3 Å². The van der Waals surface area contributed by atoms with Crippen molar-refractivity contribution in [1.29, 1.82) is 0 Å². The zero-order valence-corrected chi connectivity index (χ0v) is 19.5. The number of aryl methyl sites for hydroxylation is 2. The number of rotatable bonds is 7. The Morgan fingerprint density at radius 3 is 2.48 bits per heavy atom. The molecule has 1 aromatic carbocycles. The van der Waals surface area contributed by atoms with Gasteiger partial charge in [0.1, 0.15) is 11.4 Å². The number of carbonyl (C=O) groups is 2. The van der Waals surface area contributed by atoms with Crippen LogP contribution in [-0.2, 0) is 11.3 Å². The number of nitrogens with one attached hydrogen (secondary N) is 1. The Hall–Kier alpha value is -3.39. The van der Waals surface area contributed by atoms with Crippen molar-refractivity contribution < 1.29 is 14.3 Å². The minimum absolute atomic E-state index is 0.00222. The van der Waals surface area contributed by atoms with Gasteiger partial charge in [-0.3, -0.25) is 14.5 Å². The van der Waals surface area contributed by atoms with Gasteiger partial charge < -0.3 is 19.4 Å². The monoisotopic (exact) mass is 449 g/mol. The Morgan fingerprint density at radius 2 is 1.79 bits per heavy atom. The Balaban J connectivity index is 1.26. The van der Waals surface area contributed by atoms with Crippen LogP contribution in [0.5, 0.6) is 5.75 Å². The second-order valence-electron chi connectivity index (χ2n) is 8.37. The highest BCUT2D eigenvalue weighted by Gasteiger charge is 2.23. The molecule has 4 rings (SSSR count). The largest absolute Gasteiger partial charge is 0.494 e. The molecule has 0 aliphatic carbocycles. The van der Waals surface area contributed by atoms with Crippen LogP contribution in [0.1, 0.15) is 34.2 Å². The average molecular weight is 450 g/mol. The molecular weight excluding hydrogens is 418 g/mol. The zero-order chi connectivity index (χ0) is 23.4. The van der Waals surface area contributed by atoms with Gasteiger partial charge in [0.25, 0.3) is 5.91 Å². The number of amides is 2. The third kappa shape index (κ3) is 5.34. The van der Waals surface area contributed by atoms with Crippen molar-refractivity contribution in [2.45, 2.75) is 27.3 Å². The number of benzene rings is 1. The van der Waals surface area contributed by atoms with E-state index in [0.29, 0.717) is 25.3 Å². The molecule has 8 heteroatoms. The number of nitrogens with zero attached hydrogens (tertiary/aromatic N) is 4. The molecule has 0 bridgehead atoms. The maximum atomic E-state index is 12.6. The summed E-state index contributed by atoms with van der Waals surface area (Å²) in [5.74, 6) is 0.399. The van der Waals surface area contributed by atoms with Crippen molar-refractivity contribution >= 4 is 17.5 Å². The molecule has 1 aliphatic heterocycles. The lowest BCUT2D eigenvalue weighted by atomic mass is 10.2. The molecule has 1 fully saturated rings. The molecule has 8 nitrogen and oxygen atoms in total. The standard InChI is InChI=1S/C25H31N5O3/c1-4-33-21-7-5-20(6-8-21)25(32)26-16-24(31)29-13-11-28(12-14-29)17-22-19(3)27-23-15-18(2)9-10-30(22)23/h5-10,15H,4,11-14,16-17H2,1-3H3,(H,26,32). The Kier molecular flexibility index (Phi) is 6.93. The lowest BCUT2D eigenvalue weighted by molar-refractivity contribution is -0.131. The molecule has 174 valence electrons. The van der Waals surface area contributed by atoms with Gasteiger partial charge in [0.2, 0.25) is 5.91 Å². The number of ether oxygens (including phenoxy) is 1. The van der Waals surface area contributed by atoms with Gasteiger partial charge in [-0.2, -0.15) is 0 Å². The van der Waals surface area contributed by atoms with Crippen molar-refractivity contribution in [2.24, 2.45) is 0 Å². The molecule has 33 heavy (non-hydrogen) atoms. The highest BCUT2D eigenvalue weighted by atomic mass is 16.5. The van der Waals surface area contributed by atoms with Crippen molar-refractivity contribution in [3.8, 4) is 5.75 Å². The second kappa shape index (κ2) is 10.0. The lowest BCUT2D eigenvalue weighted by Crippen LogP contribution is -2.51. The van der Waals surface area contributed by atoms with Crippen LogP contribution in [0.15, 0.2) is 42.6 Å². The van der Waals surface area contributed by atoms with E-state index in [2.05, 4.69) is 44.9 Å². The molecule has 0 saturated carbocycles. The number of carbonyl (C=O) groups excluding carboxylic acids is 2. The first-order valence-electron chi connectivity index (χ1n) is 11.4. The van der Waals surface area contributed by atoms with E-state index in [9.17, 15) is 9.59 Å². The second-order valence-corrected chi connectivity index (χ2v) is 8.37. The first-order valence-corrected chi connectivity index (χ1v) is 11.4. The predicted molar refractivity (Wildman–Crippen MR) is 126 cm³/mol. The van der Waals surface area contributed by atoms with Crippen molar-refractivity contribution in [3.05, 3.63) is 65.1 Å². The van der Waals surface area contributed by atoms with Crippen molar-refractivity contribution in [3.63, 3.8) is 0 Å². The Labute approximate surface area is 194 Å². The predicted octanol–water partition coefficient (Wildman–Crippen LogP) is 2.42. The van der Waals surface area contributed by atoms with E-state index in [4.69, 9.17) is 4.74 Å². The molecule has 0 unspecified atom stereocenters. The summed E-state index contributed by atoms with van der Waals surface area (Å²) in [6.45, 7) is 10.3. The molecule has 2 amide bonds. The fraction of sp³-hybridized carbons (Fsp3) is 0.400. The Bertz CT molecular complexity index is 1130. The Morgan fingerprint density at radius 1 is 1.06 bits per heavy atom. The van der Waals surface area contributed by atoms with E-state index in [1.165, 1.54) is 11.3 Å². The van der Waals surface area contributed by atoms with Crippen molar-refractivity contribution in [1.82, 2.24) is 24.5 Å². The molecule has 1 saturated heterocycles. The molecule has 3 aromatic rings. The molecule has 0 radical (unpaired) electrons. The summed E-state index contributed by atoms with van der Waals surface area (Å²) in [6.07, 6.45) is 2.08. The van der Waals surface area contributed by atoms with E-state index in [0.717, 1.165) is 36.7 Å². The quantitative estimate of drug-likeness (QED) is 0.599. The fourth-order valence-corrected chi connectivity index (χ4v) is 4.11. The first kappa shape index (κ1) is 22.8. The summed E-state index contributed by atoms with van der Waals surface area (Å²) in [5, 5.41) is 2.73. The van der Waals surface area contributed by atoms with Crippen LogP contribution in [0.4, 0.5) is 0 Å².